The summed E-state index contributed by atoms with van der Waals surface area (Å²) in [6, 6.07) is 0. The Hall–Kier alpha value is -3.29. The molecule has 3 atom stereocenters. The van der Waals surface area contributed by atoms with Crippen LogP contribution in [0.15, 0.2) is 59.1 Å². The maximum Gasteiger partial charge on any atom is 0.314 e. The lowest BCUT2D eigenvalue weighted by atomic mass is 9.85. The molecule has 0 aromatic carbocycles. The summed E-state index contributed by atoms with van der Waals surface area (Å²) < 4.78 is 10.5. The molecule has 0 aromatic rings. The second-order valence-electron chi connectivity index (χ2n) is 7.08. The third-order valence-electron chi connectivity index (χ3n) is 5.02. The molecule has 0 spiro atoms. The van der Waals surface area contributed by atoms with Gasteiger partial charge in [-0.25, -0.2) is 0 Å². The smallest absolute Gasteiger partial charge is 0.314 e. The number of aliphatic hydroxyl groups excluding tert-OH is 2. The van der Waals surface area contributed by atoms with Gasteiger partial charge in [0.15, 0.2) is 0 Å². The van der Waals surface area contributed by atoms with Crippen LogP contribution in [0.1, 0.15) is 33.6 Å². The maximum absolute atomic E-state index is 12.5. The van der Waals surface area contributed by atoms with Crippen LogP contribution < -0.4 is 5.32 Å². The van der Waals surface area contributed by atoms with E-state index in [2.05, 4.69) is 11.9 Å². The van der Waals surface area contributed by atoms with Crippen LogP contribution >= 0.6 is 0 Å². The normalized spacial score (nSPS) is 22.2. The highest BCUT2D eigenvalue weighted by Gasteiger charge is 2.36. The van der Waals surface area contributed by atoms with Gasteiger partial charge < -0.3 is 25.0 Å². The number of aliphatic hydroxyl groups is 2. The monoisotopic (exact) mass is 417 g/mol. The quantitative estimate of drug-likeness (QED) is 0.315. The van der Waals surface area contributed by atoms with E-state index in [1.807, 2.05) is 0 Å². The van der Waals surface area contributed by atoms with Crippen LogP contribution in [0, 0.1) is 5.92 Å². The minimum absolute atomic E-state index is 0.0140. The molecule has 2 aliphatic rings. The Morgan fingerprint density at radius 3 is 2.70 bits per heavy atom. The maximum atomic E-state index is 12.5. The molecule has 0 aromatic heterocycles. The fraction of sp³-hybridized carbons (Fsp3) is 0.409. The van der Waals surface area contributed by atoms with Crippen molar-refractivity contribution < 1.29 is 34.1 Å². The predicted molar refractivity (Wildman–Crippen MR) is 109 cm³/mol. The molecule has 8 nitrogen and oxygen atoms in total. The van der Waals surface area contributed by atoms with Crippen LogP contribution in [0.4, 0.5) is 0 Å². The van der Waals surface area contributed by atoms with Crippen molar-refractivity contribution in [3.63, 3.8) is 0 Å². The number of nitrogens with one attached hydrogen (secondary N) is 1. The summed E-state index contributed by atoms with van der Waals surface area (Å²) >= 11 is 0. The van der Waals surface area contributed by atoms with Gasteiger partial charge in [0.05, 0.1) is 5.92 Å². The highest BCUT2D eigenvalue weighted by Crippen LogP contribution is 2.33. The molecule has 162 valence electrons. The van der Waals surface area contributed by atoms with Crippen molar-refractivity contribution in [2.75, 3.05) is 6.54 Å². The summed E-state index contributed by atoms with van der Waals surface area (Å²) in [7, 11) is 0. The van der Waals surface area contributed by atoms with E-state index in [9.17, 15) is 24.6 Å². The third-order valence-corrected chi connectivity index (χ3v) is 5.02. The molecular formula is C22H27NO7. The first-order valence-electron chi connectivity index (χ1n) is 9.66. The number of rotatable bonds is 8. The molecule has 1 aliphatic heterocycles. The minimum Gasteiger partial charge on any atom is -0.508 e. The van der Waals surface area contributed by atoms with Crippen LogP contribution in [-0.4, -0.2) is 46.8 Å². The molecule has 3 unspecified atom stereocenters. The highest BCUT2D eigenvalue weighted by atomic mass is 16.5. The fourth-order valence-corrected chi connectivity index (χ4v) is 3.40. The Labute approximate surface area is 175 Å². The van der Waals surface area contributed by atoms with E-state index in [1.54, 1.807) is 19.9 Å². The van der Waals surface area contributed by atoms with Crippen molar-refractivity contribution in [3.05, 3.63) is 59.1 Å². The average molecular weight is 417 g/mol. The SMILES string of the molecule is C=C/C(O)=C(/CNC(=O)CC1C(=O)OC2C=C(O)C=CC2=C1C)C(CC)OC(C)=O. The Morgan fingerprint density at radius 1 is 1.40 bits per heavy atom. The Bertz CT molecular complexity index is 863. The summed E-state index contributed by atoms with van der Waals surface area (Å²) in [5, 5.41) is 22.3. The van der Waals surface area contributed by atoms with Crippen molar-refractivity contribution in [2.45, 2.75) is 45.8 Å². The molecule has 0 saturated carbocycles. The van der Waals surface area contributed by atoms with Gasteiger partial charge in [-0.05, 0) is 31.1 Å². The van der Waals surface area contributed by atoms with E-state index in [4.69, 9.17) is 9.47 Å². The molecular weight excluding hydrogens is 390 g/mol. The summed E-state index contributed by atoms with van der Waals surface area (Å²) in [6.07, 6.45) is 4.70. The number of esters is 2. The Morgan fingerprint density at radius 2 is 2.10 bits per heavy atom. The standard InChI is InChI=1S/C22H27NO7/c1-5-18(26)17(19(6-2)29-13(4)24)11-23-21(27)10-16-12(3)15-8-7-14(25)9-20(15)30-22(16)28/h5,7-9,16,19-20,25-26H,1,6,10-11H2,2-4H3,(H,23,27)/b18-17+. The number of fused-ring (bicyclic) bond motifs is 1. The van der Waals surface area contributed by atoms with Gasteiger partial charge in [0, 0.05) is 31.5 Å². The van der Waals surface area contributed by atoms with Crippen LogP contribution in [0.5, 0.6) is 0 Å². The van der Waals surface area contributed by atoms with Gasteiger partial charge in [-0.2, -0.15) is 0 Å². The first kappa shape index (κ1) is 23.0. The summed E-state index contributed by atoms with van der Waals surface area (Å²) in [5.74, 6) is -2.41. The molecule has 8 heteroatoms. The first-order chi connectivity index (χ1) is 14.2. The number of ether oxygens (including phenoxy) is 2. The van der Waals surface area contributed by atoms with Gasteiger partial charge in [-0.1, -0.05) is 25.2 Å². The topological polar surface area (TPSA) is 122 Å². The molecule has 0 radical (unpaired) electrons. The van der Waals surface area contributed by atoms with Gasteiger partial charge in [-0.3, -0.25) is 14.4 Å². The lowest BCUT2D eigenvalue weighted by Crippen LogP contribution is -2.38. The lowest BCUT2D eigenvalue weighted by molar-refractivity contribution is -0.152. The predicted octanol–water partition coefficient (Wildman–Crippen LogP) is 2.70. The average Bonchev–Trinajstić information content (AvgIpc) is 2.69. The van der Waals surface area contributed by atoms with Gasteiger partial charge in [-0.15, -0.1) is 0 Å². The molecule has 1 heterocycles. The van der Waals surface area contributed by atoms with Crippen molar-refractivity contribution in [2.24, 2.45) is 5.92 Å². The molecule has 0 saturated heterocycles. The number of hydrogen-bond acceptors (Lipinski definition) is 7. The fourth-order valence-electron chi connectivity index (χ4n) is 3.40. The molecule has 3 N–H and O–H groups in total. The first-order valence-corrected chi connectivity index (χ1v) is 9.66. The summed E-state index contributed by atoms with van der Waals surface area (Å²) in [4.78, 5) is 36.2. The van der Waals surface area contributed by atoms with Crippen molar-refractivity contribution in [1.82, 2.24) is 5.32 Å². The van der Waals surface area contributed by atoms with Gasteiger partial charge in [0.2, 0.25) is 5.91 Å². The van der Waals surface area contributed by atoms with E-state index in [1.165, 1.54) is 25.2 Å². The van der Waals surface area contributed by atoms with E-state index >= 15 is 0 Å². The van der Waals surface area contributed by atoms with Crippen molar-refractivity contribution >= 4 is 17.8 Å². The summed E-state index contributed by atoms with van der Waals surface area (Å²) in [6.45, 7) is 8.23. The Balaban J connectivity index is 2.10. The van der Waals surface area contributed by atoms with E-state index in [0.29, 0.717) is 17.6 Å². The number of carbonyl (C=O) groups is 3. The summed E-state index contributed by atoms with van der Waals surface area (Å²) in [5.41, 5.74) is 1.74. The second kappa shape index (κ2) is 9.96. The van der Waals surface area contributed by atoms with Crippen molar-refractivity contribution in [1.29, 1.82) is 0 Å². The largest absolute Gasteiger partial charge is 0.508 e. The zero-order valence-corrected chi connectivity index (χ0v) is 17.3. The minimum atomic E-state index is -0.759. The van der Waals surface area contributed by atoms with Crippen LogP contribution in [0.25, 0.3) is 0 Å². The molecule has 30 heavy (non-hydrogen) atoms. The van der Waals surface area contributed by atoms with Gasteiger partial charge >= 0.3 is 11.9 Å². The van der Waals surface area contributed by atoms with E-state index < -0.39 is 36.0 Å². The molecule has 1 aliphatic carbocycles. The van der Waals surface area contributed by atoms with Crippen LogP contribution in [0.2, 0.25) is 0 Å². The van der Waals surface area contributed by atoms with Crippen LogP contribution in [0.3, 0.4) is 0 Å². The number of carbonyl (C=O) groups excluding carboxylic acids is 3. The lowest BCUT2D eigenvalue weighted by Gasteiger charge is -2.30. The molecule has 0 bridgehead atoms. The van der Waals surface area contributed by atoms with Gasteiger partial charge in [0.25, 0.3) is 0 Å². The number of hydrogen-bond donors (Lipinski definition) is 3. The molecule has 2 rings (SSSR count). The molecule has 1 amide bonds. The number of amides is 1. The molecule has 0 fully saturated rings. The van der Waals surface area contributed by atoms with Crippen molar-refractivity contribution in [3.8, 4) is 0 Å². The van der Waals surface area contributed by atoms with Gasteiger partial charge in [0.1, 0.15) is 23.7 Å². The van der Waals surface area contributed by atoms with E-state index in [0.717, 1.165) is 5.57 Å². The second-order valence-corrected chi connectivity index (χ2v) is 7.08. The zero-order chi connectivity index (χ0) is 22.4. The van der Waals surface area contributed by atoms with Crippen LogP contribution in [-0.2, 0) is 23.9 Å². The number of allylic oxidation sites excluding steroid dienone is 2. The Kier molecular flexibility index (Phi) is 7.63. The van der Waals surface area contributed by atoms with E-state index in [-0.39, 0.29) is 24.5 Å². The zero-order valence-electron chi connectivity index (χ0n) is 17.3. The third kappa shape index (κ3) is 5.40. The highest BCUT2D eigenvalue weighted by molar-refractivity contribution is 5.86.